The molecule has 2 heterocycles. The van der Waals surface area contributed by atoms with Gasteiger partial charge in [0, 0.05) is 24.8 Å². The molecule has 22 heavy (non-hydrogen) atoms. The van der Waals surface area contributed by atoms with E-state index in [1.807, 2.05) is 49.4 Å². The second-order valence-corrected chi connectivity index (χ2v) is 5.49. The van der Waals surface area contributed by atoms with E-state index in [1.54, 1.807) is 0 Å². The molecule has 1 saturated heterocycles. The van der Waals surface area contributed by atoms with Gasteiger partial charge in [0.15, 0.2) is 5.82 Å². The van der Waals surface area contributed by atoms with Crippen LogP contribution in [0.25, 0.3) is 12.2 Å². The lowest BCUT2D eigenvalue weighted by Crippen LogP contribution is -2.19. The third kappa shape index (κ3) is 3.32. The molecule has 1 aromatic carbocycles. The van der Waals surface area contributed by atoms with E-state index in [4.69, 9.17) is 5.26 Å². The minimum absolute atomic E-state index is 0.667. The molecule has 0 bridgehead atoms. The Balaban J connectivity index is 1.81. The lowest BCUT2D eigenvalue weighted by atomic mass is 10.1. The van der Waals surface area contributed by atoms with Crippen LogP contribution in [0.2, 0.25) is 0 Å². The Kier molecular flexibility index (Phi) is 4.15. The maximum atomic E-state index is 8.81. The zero-order chi connectivity index (χ0) is 15.4. The fourth-order valence-electron chi connectivity index (χ4n) is 2.60. The number of anilines is 1. The van der Waals surface area contributed by atoms with Crippen LogP contribution in [0, 0.1) is 18.3 Å². The third-order valence-electron chi connectivity index (χ3n) is 3.75. The topological polar surface area (TPSA) is 52.8 Å². The van der Waals surface area contributed by atoms with Gasteiger partial charge >= 0.3 is 0 Å². The van der Waals surface area contributed by atoms with Crippen molar-refractivity contribution in [2.75, 3.05) is 18.0 Å². The Labute approximate surface area is 130 Å². The number of nitrogens with zero attached hydrogens (tertiary/aromatic N) is 4. The second kappa shape index (κ2) is 6.40. The molecule has 0 N–H and O–H groups in total. The fourth-order valence-corrected chi connectivity index (χ4v) is 2.60. The first-order valence-electron chi connectivity index (χ1n) is 7.53. The summed E-state index contributed by atoms with van der Waals surface area (Å²) >= 11 is 0. The molecular weight excluding hydrogens is 272 g/mol. The highest BCUT2D eigenvalue weighted by Gasteiger charge is 2.14. The van der Waals surface area contributed by atoms with Crippen molar-refractivity contribution in [2.45, 2.75) is 19.8 Å². The molecule has 2 aromatic rings. The fraction of sp³-hybridized carbons (Fsp3) is 0.278. The molecule has 4 heteroatoms. The highest BCUT2D eigenvalue weighted by Crippen LogP contribution is 2.19. The number of aryl methyl sites for hydroxylation is 1. The first-order chi connectivity index (χ1) is 10.7. The average molecular weight is 290 g/mol. The smallest absolute Gasteiger partial charge is 0.154 e. The summed E-state index contributed by atoms with van der Waals surface area (Å²) in [6.07, 6.45) is 6.37. The molecule has 1 aliphatic rings. The van der Waals surface area contributed by atoms with E-state index in [1.165, 1.54) is 12.8 Å². The summed E-state index contributed by atoms with van der Waals surface area (Å²) < 4.78 is 0. The van der Waals surface area contributed by atoms with Gasteiger partial charge in [0.1, 0.15) is 5.82 Å². The van der Waals surface area contributed by atoms with Crippen LogP contribution in [0.1, 0.15) is 35.5 Å². The van der Waals surface area contributed by atoms with Gasteiger partial charge in [0.2, 0.25) is 0 Å². The predicted molar refractivity (Wildman–Crippen MR) is 88.3 cm³/mol. The van der Waals surface area contributed by atoms with Crippen molar-refractivity contribution in [2.24, 2.45) is 0 Å². The van der Waals surface area contributed by atoms with Crippen LogP contribution >= 0.6 is 0 Å². The van der Waals surface area contributed by atoms with Gasteiger partial charge < -0.3 is 4.90 Å². The highest BCUT2D eigenvalue weighted by atomic mass is 15.2. The van der Waals surface area contributed by atoms with Gasteiger partial charge in [-0.25, -0.2) is 9.97 Å². The standard InChI is InChI=1S/C18H18N4/c1-14-12-18(22-10-2-3-11-22)21-17(20-14)9-8-15-4-6-16(13-19)7-5-15/h4-9,12H,2-3,10-11H2,1H3/b9-8+. The average Bonchev–Trinajstić information content (AvgIpc) is 3.07. The maximum Gasteiger partial charge on any atom is 0.154 e. The van der Waals surface area contributed by atoms with E-state index in [9.17, 15) is 0 Å². The van der Waals surface area contributed by atoms with Gasteiger partial charge in [-0.3, -0.25) is 0 Å². The van der Waals surface area contributed by atoms with Crippen molar-refractivity contribution in [1.82, 2.24) is 9.97 Å². The zero-order valence-corrected chi connectivity index (χ0v) is 12.7. The molecule has 0 saturated carbocycles. The number of benzene rings is 1. The molecule has 4 nitrogen and oxygen atoms in total. The van der Waals surface area contributed by atoms with Crippen LogP contribution in [0.5, 0.6) is 0 Å². The zero-order valence-electron chi connectivity index (χ0n) is 12.7. The van der Waals surface area contributed by atoms with Gasteiger partial charge in [-0.05, 0) is 43.5 Å². The summed E-state index contributed by atoms with van der Waals surface area (Å²) in [4.78, 5) is 11.4. The summed E-state index contributed by atoms with van der Waals surface area (Å²) in [6.45, 7) is 4.16. The van der Waals surface area contributed by atoms with Gasteiger partial charge in [0.05, 0.1) is 11.6 Å². The van der Waals surface area contributed by atoms with Crippen molar-refractivity contribution in [3.05, 3.63) is 53.0 Å². The Morgan fingerprint density at radius 1 is 1.09 bits per heavy atom. The Morgan fingerprint density at radius 3 is 2.50 bits per heavy atom. The van der Waals surface area contributed by atoms with E-state index >= 15 is 0 Å². The van der Waals surface area contributed by atoms with Crippen molar-refractivity contribution in [1.29, 1.82) is 5.26 Å². The molecule has 0 aliphatic carbocycles. The normalized spacial score (nSPS) is 14.5. The SMILES string of the molecule is Cc1cc(N2CCCC2)nc(/C=C/c2ccc(C#N)cc2)n1. The molecule has 0 spiro atoms. The molecule has 1 aliphatic heterocycles. The van der Waals surface area contributed by atoms with Crippen LogP contribution < -0.4 is 4.90 Å². The molecule has 110 valence electrons. The molecule has 0 unspecified atom stereocenters. The summed E-state index contributed by atoms with van der Waals surface area (Å²) in [7, 11) is 0. The monoisotopic (exact) mass is 290 g/mol. The van der Waals surface area contributed by atoms with Gasteiger partial charge in [-0.15, -0.1) is 0 Å². The van der Waals surface area contributed by atoms with E-state index in [2.05, 4.69) is 20.9 Å². The Hall–Kier alpha value is -2.67. The molecule has 0 radical (unpaired) electrons. The second-order valence-electron chi connectivity index (χ2n) is 5.49. The molecular formula is C18H18N4. The largest absolute Gasteiger partial charge is 0.356 e. The minimum atomic E-state index is 0.667. The molecule has 1 aromatic heterocycles. The summed E-state index contributed by atoms with van der Waals surface area (Å²) in [5.41, 5.74) is 2.68. The lowest BCUT2D eigenvalue weighted by Gasteiger charge is -2.16. The molecule has 3 rings (SSSR count). The number of hydrogen-bond acceptors (Lipinski definition) is 4. The maximum absolute atomic E-state index is 8.81. The first kappa shape index (κ1) is 14.3. The van der Waals surface area contributed by atoms with E-state index in [0.29, 0.717) is 5.56 Å². The minimum Gasteiger partial charge on any atom is -0.356 e. The molecule has 0 atom stereocenters. The predicted octanol–water partition coefficient (Wildman–Crippen LogP) is 3.43. The van der Waals surface area contributed by atoms with Crippen LogP contribution in [-0.4, -0.2) is 23.1 Å². The third-order valence-corrected chi connectivity index (χ3v) is 3.75. The summed E-state index contributed by atoms with van der Waals surface area (Å²) in [5, 5.41) is 8.81. The van der Waals surface area contributed by atoms with Gasteiger partial charge in [0.25, 0.3) is 0 Å². The van der Waals surface area contributed by atoms with Gasteiger partial charge in [-0.1, -0.05) is 18.2 Å². The lowest BCUT2D eigenvalue weighted by molar-refractivity contribution is 0.915. The number of nitriles is 1. The Morgan fingerprint density at radius 2 is 1.82 bits per heavy atom. The highest BCUT2D eigenvalue weighted by molar-refractivity contribution is 5.67. The van der Waals surface area contributed by atoms with Crippen LogP contribution in [0.15, 0.2) is 30.3 Å². The van der Waals surface area contributed by atoms with Crippen LogP contribution in [0.4, 0.5) is 5.82 Å². The molecule has 0 amide bonds. The van der Waals surface area contributed by atoms with E-state index in [0.717, 1.165) is 36.0 Å². The number of rotatable bonds is 3. The first-order valence-corrected chi connectivity index (χ1v) is 7.53. The van der Waals surface area contributed by atoms with Crippen molar-refractivity contribution in [3.63, 3.8) is 0 Å². The molecule has 1 fully saturated rings. The summed E-state index contributed by atoms with van der Waals surface area (Å²) in [5.74, 6) is 1.75. The summed E-state index contributed by atoms with van der Waals surface area (Å²) in [6, 6.07) is 11.6. The van der Waals surface area contributed by atoms with Crippen LogP contribution in [-0.2, 0) is 0 Å². The number of hydrogen-bond donors (Lipinski definition) is 0. The number of aromatic nitrogens is 2. The van der Waals surface area contributed by atoms with Crippen molar-refractivity contribution < 1.29 is 0 Å². The Bertz CT molecular complexity index is 720. The van der Waals surface area contributed by atoms with E-state index in [-0.39, 0.29) is 0 Å². The van der Waals surface area contributed by atoms with Crippen molar-refractivity contribution >= 4 is 18.0 Å². The van der Waals surface area contributed by atoms with Crippen molar-refractivity contribution in [3.8, 4) is 6.07 Å². The van der Waals surface area contributed by atoms with E-state index < -0.39 is 0 Å². The van der Waals surface area contributed by atoms with Gasteiger partial charge in [-0.2, -0.15) is 5.26 Å². The van der Waals surface area contributed by atoms with Crippen LogP contribution in [0.3, 0.4) is 0 Å². The quantitative estimate of drug-likeness (QED) is 0.869.